The lowest BCUT2D eigenvalue weighted by Crippen LogP contribution is -2.57. The van der Waals surface area contributed by atoms with E-state index in [1.54, 1.807) is 7.11 Å². The van der Waals surface area contributed by atoms with Gasteiger partial charge in [0.25, 0.3) is 0 Å². The third-order valence-corrected chi connectivity index (χ3v) is 3.80. The molecule has 1 heterocycles. The van der Waals surface area contributed by atoms with E-state index in [9.17, 15) is 4.79 Å². The van der Waals surface area contributed by atoms with Gasteiger partial charge in [0.2, 0.25) is 0 Å². The quantitative estimate of drug-likeness (QED) is 0.839. The van der Waals surface area contributed by atoms with Gasteiger partial charge in [0.1, 0.15) is 11.3 Å². The van der Waals surface area contributed by atoms with Crippen LogP contribution < -0.4 is 10.1 Å². The maximum Gasteiger partial charge on any atom is 0.326 e. The number of hydrogen-bond donors (Lipinski definition) is 1. The number of rotatable bonds is 5. The molecule has 20 heavy (non-hydrogen) atoms. The highest BCUT2D eigenvalue weighted by molar-refractivity contribution is 5.81. The van der Waals surface area contributed by atoms with Crippen molar-refractivity contribution in [3.63, 3.8) is 0 Å². The number of methoxy groups -OCH3 is 1. The molecule has 0 unspecified atom stereocenters. The monoisotopic (exact) mass is 277 g/mol. The Labute approximate surface area is 120 Å². The van der Waals surface area contributed by atoms with Gasteiger partial charge in [0, 0.05) is 6.42 Å². The topological polar surface area (TPSA) is 47.6 Å². The van der Waals surface area contributed by atoms with E-state index in [0.717, 1.165) is 37.1 Å². The summed E-state index contributed by atoms with van der Waals surface area (Å²) in [5.74, 6) is 0.680. The van der Waals surface area contributed by atoms with Crippen LogP contribution in [0.4, 0.5) is 0 Å². The molecule has 4 heteroatoms. The molecule has 1 aliphatic heterocycles. The molecule has 110 valence electrons. The van der Waals surface area contributed by atoms with Crippen LogP contribution in [0.2, 0.25) is 0 Å². The molecule has 1 saturated heterocycles. The second kappa shape index (κ2) is 6.75. The number of hydrogen-bond acceptors (Lipinski definition) is 4. The van der Waals surface area contributed by atoms with Crippen LogP contribution >= 0.6 is 0 Å². The van der Waals surface area contributed by atoms with Crippen LogP contribution in [-0.4, -0.2) is 31.8 Å². The molecule has 4 nitrogen and oxygen atoms in total. The van der Waals surface area contributed by atoms with Crippen LogP contribution in [0, 0.1) is 0 Å². The van der Waals surface area contributed by atoms with Crippen LogP contribution in [0.3, 0.4) is 0 Å². The summed E-state index contributed by atoms with van der Waals surface area (Å²) in [7, 11) is 1.65. The fourth-order valence-corrected chi connectivity index (χ4v) is 2.77. The predicted molar refractivity (Wildman–Crippen MR) is 77.9 cm³/mol. The average molecular weight is 277 g/mol. The highest BCUT2D eigenvalue weighted by atomic mass is 16.5. The minimum absolute atomic E-state index is 0.137. The fourth-order valence-electron chi connectivity index (χ4n) is 2.77. The normalized spacial score (nSPS) is 22.3. The molecule has 1 aromatic rings. The summed E-state index contributed by atoms with van der Waals surface area (Å²) in [5.41, 5.74) is 0.507. The molecule has 0 bridgehead atoms. The molecule has 0 spiro atoms. The smallest absolute Gasteiger partial charge is 0.326 e. The van der Waals surface area contributed by atoms with Gasteiger partial charge < -0.3 is 14.8 Å². The van der Waals surface area contributed by atoms with Crippen LogP contribution in [0.15, 0.2) is 24.3 Å². The first kappa shape index (κ1) is 14.9. The molecule has 0 saturated carbocycles. The predicted octanol–water partition coefficient (Wildman–Crippen LogP) is 2.31. The number of carbonyl (C=O) groups excluding carboxylic acids is 1. The van der Waals surface area contributed by atoms with E-state index in [4.69, 9.17) is 9.47 Å². The van der Waals surface area contributed by atoms with Gasteiger partial charge in [0.05, 0.1) is 13.7 Å². The Morgan fingerprint density at radius 1 is 1.40 bits per heavy atom. The molecule has 0 aliphatic carbocycles. The summed E-state index contributed by atoms with van der Waals surface area (Å²) >= 11 is 0. The second-order valence-electron chi connectivity index (χ2n) is 5.21. The van der Waals surface area contributed by atoms with E-state index < -0.39 is 5.54 Å². The van der Waals surface area contributed by atoms with Gasteiger partial charge in [-0.2, -0.15) is 0 Å². The standard InChI is InChI=1S/C16H23NO3/c1-3-20-15(18)16(9-4-5-10-17-16)12-13-7-6-8-14(11-13)19-2/h6-8,11,17H,3-5,9-10,12H2,1-2H3/t16-/m0/s1. The van der Waals surface area contributed by atoms with E-state index in [2.05, 4.69) is 5.32 Å². The molecular weight excluding hydrogens is 254 g/mol. The zero-order valence-corrected chi connectivity index (χ0v) is 12.3. The van der Waals surface area contributed by atoms with Crippen LogP contribution in [0.1, 0.15) is 31.7 Å². The summed E-state index contributed by atoms with van der Waals surface area (Å²) in [6.07, 6.45) is 3.63. The van der Waals surface area contributed by atoms with E-state index in [1.165, 1.54) is 0 Å². The van der Waals surface area contributed by atoms with Gasteiger partial charge in [-0.25, -0.2) is 0 Å². The largest absolute Gasteiger partial charge is 0.497 e. The Hall–Kier alpha value is -1.55. The van der Waals surface area contributed by atoms with Gasteiger partial charge in [-0.1, -0.05) is 12.1 Å². The van der Waals surface area contributed by atoms with E-state index >= 15 is 0 Å². The highest BCUT2D eigenvalue weighted by Crippen LogP contribution is 2.27. The highest BCUT2D eigenvalue weighted by Gasteiger charge is 2.40. The number of esters is 1. The van der Waals surface area contributed by atoms with E-state index in [0.29, 0.717) is 13.0 Å². The van der Waals surface area contributed by atoms with Crippen molar-refractivity contribution in [3.05, 3.63) is 29.8 Å². The Balaban J connectivity index is 2.20. The fraction of sp³-hybridized carbons (Fsp3) is 0.562. The molecule has 2 rings (SSSR count). The maximum atomic E-state index is 12.4. The lowest BCUT2D eigenvalue weighted by atomic mass is 9.83. The molecule has 1 atom stereocenters. The lowest BCUT2D eigenvalue weighted by Gasteiger charge is -2.36. The first-order chi connectivity index (χ1) is 9.70. The number of benzene rings is 1. The van der Waals surface area contributed by atoms with Gasteiger partial charge >= 0.3 is 5.97 Å². The number of nitrogens with one attached hydrogen (secondary N) is 1. The molecule has 0 amide bonds. The van der Waals surface area contributed by atoms with Crippen LogP contribution in [0.5, 0.6) is 5.75 Å². The maximum absolute atomic E-state index is 12.4. The Kier molecular flexibility index (Phi) is 5.01. The van der Waals surface area contributed by atoms with Gasteiger partial charge in [0.15, 0.2) is 0 Å². The van der Waals surface area contributed by atoms with Crippen molar-refractivity contribution >= 4 is 5.97 Å². The third kappa shape index (κ3) is 3.31. The van der Waals surface area contributed by atoms with Gasteiger partial charge in [-0.05, 0) is 50.4 Å². The SMILES string of the molecule is CCOC(=O)[C@@]1(Cc2cccc(OC)c2)CCCCN1. The molecule has 1 aliphatic rings. The van der Waals surface area contributed by atoms with Gasteiger partial charge in [-0.3, -0.25) is 4.79 Å². The van der Waals surface area contributed by atoms with E-state index in [-0.39, 0.29) is 5.97 Å². The first-order valence-electron chi connectivity index (χ1n) is 7.25. The Bertz CT molecular complexity index is 453. The van der Waals surface area contributed by atoms with Crippen LogP contribution in [0.25, 0.3) is 0 Å². The van der Waals surface area contributed by atoms with Crippen molar-refractivity contribution in [1.82, 2.24) is 5.32 Å². The van der Waals surface area contributed by atoms with Crippen molar-refractivity contribution < 1.29 is 14.3 Å². The summed E-state index contributed by atoms with van der Waals surface area (Å²) in [6, 6.07) is 7.88. The van der Waals surface area contributed by atoms with Crippen molar-refractivity contribution in [2.45, 2.75) is 38.1 Å². The molecule has 0 radical (unpaired) electrons. The minimum atomic E-state index is -0.583. The Morgan fingerprint density at radius 2 is 2.25 bits per heavy atom. The zero-order valence-electron chi connectivity index (χ0n) is 12.3. The van der Waals surface area contributed by atoms with Crippen molar-refractivity contribution in [2.75, 3.05) is 20.3 Å². The summed E-state index contributed by atoms with van der Waals surface area (Å²) in [5, 5.41) is 3.39. The number of carbonyl (C=O) groups is 1. The summed E-state index contributed by atoms with van der Waals surface area (Å²) < 4.78 is 10.5. The van der Waals surface area contributed by atoms with Crippen molar-refractivity contribution in [2.24, 2.45) is 0 Å². The van der Waals surface area contributed by atoms with Crippen molar-refractivity contribution in [3.8, 4) is 5.75 Å². The number of piperidine rings is 1. The molecule has 1 fully saturated rings. The van der Waals surface area contributed by atoms with Gasteiger partial charge in [-0.15, -0.1) is 0 Å². The van der Waals surface area contributed by atoms with E-state index in [1.807, 2.05) is 31.2 Å². The van der Waals surface area contributed by atoms with Crippen molar-refractivity contribution in [1.29, 1.82) is 0 Å². The molecule has 1 N–H and O–H groups in total. The minimum Gasteiger partial charge on any atom is -0.497 e. The molecule has 1 aromatic carbocycles. The van der Waals surface area contributed by atoms with Crippen LogP contribution in [-0.2, 0) is 16.0 Å². The molecule has 0 aromatic heterocycles. The number of ether oxygens (including phenoxy) is 2. The average Bonchev–Trinajstić information content (AvgIpc) is 2.48. The summed E-state index contributed by atoms with van der Waals surface area (Å²) in [4.78, 5) is 12.4. The summed E-state index contributed by atoms with van der Waals surface area (Å²) in [6.45, 7) is 3.13. The zero-order chi connectivity index (χ0) is 14.4. The molecular formula is C16H23NO3. The third-order valence-electron chi connectivity index (χ3n) is 3.80. The Morgan fingerprint density at radius 3 is 2.90 bits per heavy atom. The second-order valence-corrected chi connectivity index (χ2v) is 5.21. The first-order valence-corrected chi connectivity index (χ1v) is 7.25. The lowest BCUT2D eigenvalue weighted by molar-refractivity contribution is -0.152.